The first-order valence-corrected chi connectivity index (χ1v) is 6.49. The minimum atomic E-state index is -0.687. The first-order valence-electron chi connectivity index (χ1n) is 5.33. The summed E-state index contributed by atoms with van der Waals surface area (Å²) in [6.45, 7) is 1.42. The van der Waals surface area contributed by atoms with Crippen LogP contribution in [0.25, 0.3) is 0 Å². The van der Waals surface area contributed by atoms with E-state index in [0.717, 1.165) is 37.4 Å². The summed E-state index contributed by atoms with van der Waals surface area (Å²) in [5, 5.41) is 10.6. The molecule has 2 saturated heterocycles. The molecule has 0 saturated carbocycles. The monoisotopic (exact) mass is 217 g/mol. The molecule has 14 heavy (non-hydrogen) atoms. The predicted molar refractivity (Wildman–Crippen MR) is 58.5 cm³/mol. The Bertz CT molecular complexity index is 196. The number of hydrogen-bond acceptors (Lipinski definition) is 4. The predicted octanol–water partition coefficient (Wildman–Crippen LogP) is 0.752. The highest BCUT2D eigenvalue weighted by Crippen LogP contribution is 2.40. The van der Waals surface area contributed by atoms with Gasteiger partial charge in [-0.05, 0) is 25.0 Å². The van der Waals surface area contributed by atoms with Crippen LogP contribution in [0.3, 0.4) is 0 Å². The average Bonchev–Trinajstić information content (AvgIpc) is 2.48. The Morgan fingerprint density at radius 1 is 1.21 bits per heavy atom. The van der Waals surface area contributed by atoms with Crippen LogP contribution in [0.5, 0.6) is 0 Å². The minimum Gasteiger partial charge on any atom is -0.388 e. The maximum absolute atomic E-state index is 10.6. The smallest absolute Gasteiger partial charge is 0.0857 e. The largest absolute Gasteiger partial charge is 0.388 e. The molecular formula is C10H19NO2S. The van der Waals surface area contributed by atoms with E-state index in [9.17, 15) is 5.11 Å². The van der Waals surface area contributed by atoms with E-state index in [1.807, 2.05) is 11.8 Å². The minimum absolute atomic E-state index is 0.370. The Morgan fingerprint density at radius 2 is 2.07 bits per heavy atom. The molecule has 2 atom stereocenters. The van der Waals surface area contributed by atoms with Crippen LogP contribution in [-0.2, 0) is 4.74 Å². The highest BCUT2D eigenvalue weighted by Gasteiger charge is 2.49. The maximum Gasteiger partial charge on any atom is 0.0857 e. The molecular weight excluding hydrogens is 198 g/mol. The summed E-state index contributed by atoms with van der Waals surface area (Å²) in [5.41, 5.74) is 5.25. The molecule has 0 amide bonds. The van der Waals surface area contributed by atoms with Gasteiger partial charge in [-0.15, -0.1) is 0 Å². The average molecular weight is 217 g/mol. The van der Waals surface area contributed by atoms with Crippen LogP contribution in [-0.4, -0.2) is 41.0 Å². The van der Waals surface area contributed by atoms with Crippen molar-refractivity contribution in [1.82, 2.24) is 0 Å². The van der Waals surface area contributed by atoms with Gasteiger partial charge in [0.2, 0.25) is 0 Å². The van der Waals surface area contributed by atoms with E-state index in [4.69, 9.17) is 10.5 Å². The molecule has 0 aromatic rings. The Kier molecular flexibility index (Phi) is 3.07. The summed E-state index contributed by atoms with van der Waals surface area (Å²) >= 11 is 1.85. The Morgan fingerprint density at radius 3 is 2.79 bits per heavy atom. The van der Waals surface area contributed by atoms with Crippen molar-refractivity contribution in [3.63, 3.8) is 0 Å². The fourth-order valence-electron chi connectivity index (χ4n) is 2.38. The molecule has 2 aliphatic heterocycles. The van der Waals surface area contributed by atoms with Crippen molar-refractivity contribution in [2.45, 2.75) is 36.8 Å². The zero-order valence-electron chi connectivity index (χ0n) is 8.50. The number of thioether (sulfide) groups is 1. The zero-order valence-corrected chi connectivity index (χ0v) is 9.31. The van der Waals surface area contributed by atoms with E-state index in [1.54, 1.807) is 0 Å². The number of rotatable bonds is 1. The lowest BCUT2D eigenvalue weighted by Crippen LogP contribution is -2.61. The summed E-state index contributed by atoms with van der Waals surface area (Å²) in [5.74, 6) is 1.98. The number of ether oxygens (including phenoxy) is 1. The quantitative estimate of drug-likeness (QED) is 0.680. The second kappa shape index (κ2) is 4.00. The molecule has 0 aromatic carbocycles. The number of aliphatic hydroxyl groups is 1. The summed E-state index contributed by atoms with van der Waals surface area (Å²) in [4.78, 5) is 0. The molecule has 0 spiro atoms. The van der Waals surface area contributed by atoms with Crippen LogP contribution in [0.4, 0.5) is 0 Å². The van der Waals surface area contributed by atoms with Gasteiger partial charge in [-0.25, -0.2) is 0 Å². The van der Waals surface area contributed by atoms with Gasteiger partial charge >= 0.3 is 0 Å². The molecule has 0 aromatic heterocycles. The lowest BCUT2D eigenvalue weighted by atomic mass is 9.75. The standard InChI is InChI=1S/C10H19NO2S/c11-9(4-7-14-8-9)10(12)2-1-5-13-6-3-10/h12H,1-8,11H2. The second-order valence-electron chi connectivity index (χ2n) is 4.46. The summed E-state index contributed by atoms with van der Waals surface area (Å²) in [6, 6.07) is 0. The van der Waals surface area contributed by atoms with Gasteiger partial charge in [-0.1, -0.05) is 0 Å². The van der Waals surface area contributed by atoms with E-state index < -0.39 is 5.60 Å². The molecule has 2 heterocycles. The molecule has 3 N–H and O–H groups in total. The Labute approximate surface area is 89.4 Å². The fraction of sp³-hybridized carbons (Fsp3) is 1.00. The van der Waals surface area contributed by atoms with Crippen LogP contribution >= 0.6 is 11.8 Å². The summed E-state index contributed by atoms with van der Waals surface area (Å²) in [7, 11) is 0. The highest BCUT2D eigenvalue weighted by molar-refractivity contribution is 7.99. The van der Waals surface area contributed by atoms with Crippen molar-refractivity contribution in [3.05, 3.63) is 0 Å². The molecule has 3 nitrogen and oxygen atoms in total. The van der Waals surface area contributed by atoms with Crippen molar-refractivity contribution in [1.29, 1.82) is 0 Å². The fourth-order valence-corrected chi connectivity index (χ4v) is 3.81. The van der Waals surface area contributed by atoms with Gasteiger partial charge in [0.15, 0.2) is 0 Å². The third-order valence-electron chi connectivity index (χ3n) is 3.52. The van der Waals surface area contributed by atoms with Crippen molar-refractivity contribution < 1.29 is 9.84 Å². The van der Waals surface area contributed by atoms with Gasteiger partial charge in [0.25, 0.3) is 0 Å². The van der Waals surface area contributed by atoms with Crippen molar-refractivity contribution >= 4 is 11.8 Å². The molecule has 4 heteroatoms. The first kappa shape index (κ1) is 10.7. The van der Waals surface area contributed by atoms with Gasteiger partial charge in [-0.2, -0.15) is 11.8 Å². The molecule has 0 radical (unpaired) electrons. The van der Waals surface area contributed by atoms with Crippen LogP contribution < -0.4 is 5.73 Å². The molecule has 0 bridgehead atoms. The number of nitrogens with two attached hydrogens (primary N) is 1. The van der Waals surface area contributed by atoms with E-state index in [2.05, 4.69) is 0 Å². The first-order chi connectivity index (χ1) is 6.66. The maximum atomic E-state index is 10.6. The molecule has 2 aliphatic rings. The zero-order chi connectivity index (χ0) is 10.1. The van der Waals surface area contributed by atoms with Crippen molar-refractivity contribution in [2.24, 2.45) is 5.73 Å². The second-order valence-corrected chi connectivity index (χ2v) is 5.56. The van der Waals surface area contributed by atoms with Gasteiger partial charge < -0.3 is 15.6 Å². The van der Waals surface area contributed by atoms with E-state index in [-0.39, 0.29) is 5.54 Å². The van der Waals surface area contributed by atoms with Crippen LogP contribution in [0.15, 0.2) is 0 Å². The van der Waals surface area contributed by atoms with Gasteiger partial charge in [0.05, 0.1) is 11.1 Å². The third kappa shape index (κ3) is 1.81. The Hall–Kier alpha value is 0.230. The third-order valence-corrected chi connectivity index (χ3v) is 4.73. The van der Waals surface area contributed by atoms with Gasteiger partial charge in [0.1, 0.15) is 0 Å². The van der Waals surface area contributed by atoms with Crippen LogP contribution in [0.1, 0.15) is 25.7 Å². The van der Waals surface area contributed by atoms with Crippen LogP contribution in [0, 0.1) is 0 Å². The van der Waals surface area contributed by atoms with Crippen molar-refractivity contribution in [2.75, 3.05) is 24.7 Å². The lowest BCUT2D eigenvalue weighted by molar-refractivity contribution is -0.0415. The molecule has 2 rings (SSSR count). The molecule has 2 unspecified atom stereocenters. The normalized spacial score (nSPS) is 45.0. The molecule has 82 valence electrons. The SMILES string of the molecule is NC1(C2(O)CCCOCC2)CCSC1. The summed E-state index contributed by atoms with van der Waals surface area (Å²) < 4.78 is 5.37. The number of hydrogen-bond donors (Lipinski definition) is 2. The Balaban J connectivity index is 2.11. The molecule has 0 aliphatic carbocycles. The highest BCUT2D eigenvalue weighted by atomic mass is 32.2. The van der Waals surface area contributed by atoms with Gasteiger partial charge in [0, 0.05) is 25.4 Å². The summed E-state index contributed by atoms with van der Waals surface area (Å²) in [6.07, 6.45) is 3.36. The molecule has 2 fully saturated rings. The van der Waals surface area contributed by atoms with E-state index in [1.165, 1.54) is 0 Å². The van der Waals surface area contributed by atoms with Crippen molar-refractivity contribution in [3.8, 4) is 0 Å². The van der Waals surface area contributed by atoms with Gasteiger partial charge in [-0.3, -0.25) is 0 Å². The topological polar surface area (TPSA) is 55.5 Å². The van der Waals surface area contributed by atoms with E-state index >= 15 is 0 Å². The van der Waals surface area contributed by atoms with Crippen LogP contribution in [0.2, 0.25) is 0 Å². The van der Waals surface area contributed by atoms with E-state index in [0.29, 0.717) is 13.0 Å². The lowest BCUT2D eigenvalue weighted by Gasteiger charge is -2.41.